The number of hydrogen-bond donors (Lipinski definition) is 1. The fraction of sp³-hybridized carbons (Fsp3) is 0.450. The minimum Gasteiger partial charge on any atom is -0.338 e. The average Bonchev–Trinajstić information content (AvgIpc) is 3.43. The Bertz CT molecular complexity index is 1190. The van der Waals surface area contributed by atoms with Gasteiger partial charge in [-0.2, -0.15) is 18.3 Å². The maximum absolute atomic E-state index is 13.1. The van der Waals surface area contributed by atoms with Crippen LogP contribution in [0.4, 0.5) is 13.2 Å². The van der Waals surface area contributed by atoms with Crippen LogP contribution in [-0.4, -0.2) is 66.2 Å². The zero-order chi connectivity index (χ0) is 22.5. The molecule has 4 heterocycles. The van der Waals surface area contributed by atoms with E-state index in [1.54, 1.807) is 29.3 Å². The van der Waals surface area contributed by atoms with Gasteiger partial charge in [0.05, 0.1) is 24.2 Å². The molecule has 1 unspecified atom stereocenters. The fourth-order valence-electron chi connectivity index (χ4n) is 4.44. The SMILES string of the molecule is O=C(c1ccc2[nH]ncc2c1)N1CCCC(C(=O)N2CCn3c(nnc3C(F)(F)F)C2)C1. The van der Waals surface area contributed by atoms with E-state index in [1.165, 1.54) is 4.90 Å². The molecule has 0 bridgehead atoms. The Morgan fingerprint density at radius 2 is 1.94 bits per heavy atom. The minimum atomic E-state index is -4.58. The predicted molar refractivity (Wildman–Crippen MR) is 105 cm³/mol. The standard InChI is InChI=1S/C20H20F3N7O2/c21-20(22,23)19-27-26-16-11-29(6-7-30(16)19)18(32)13-2-1-5-28(10-13)17(31)12-3-4-15-14(8-12)9-24-25-15/h3-4,8-9,13H,1-2,5-7,10-11H2,(H,24,25). The highest BCUT2D eigenvalue weighted by atomic mass is 19.4. The molecule has 168 valence electrons. The van der Waals surface area contributed by atoms with E-state index in [2.05, 4.69) is 20.4 Å². The minimum absolute atomic E-state index is 0.0109. The number of halogens is 3. The number of fused-ring (bicyclic) bond motifs is 2. The Morgan fingerprint density at radius 1 is 1.09 bits per heavy atom. The molecule has 2 aliphatic heterocycles. The van der Waals surface area contributed by atoms with Crippen LogP contribution in [0.25, 0.3) is 10.9 Å². The number of alkyl halides is 3. The summed E-state index contributed by atoms with van der Waals surface area (Å²) in [4.78, 5) is 29.3. The van der Waals surface area contributed by atoms with Gasteiger partial charge >= 0.3 is 6.18 Å². The van der Waals surface area contributed by atoms with Crippen molar-refractivity contribution in [3.8, 4) is 0 Å². The van der Waals surface area contributed by atoms with Crippen molar-refractivity contribution < 1.29 is 22.8 Å². The fourth-order valence-corrected chi connectivity index (χ4v) is 4.44. The first-order chi connectivity index (χ1) is 15.3. The van der Waals surface area contributed by atoms with Crippen LogP contribution in [-0.2, 0) is 24.1 Å². The van der Waals surface area contributed by atoms with Gasteiger partial charge in [0.25, 0.3) is 5.91 Å². The second-order valence-corrected chi connectivity index (χ2v) is 8.11. The van der Waals surface area contributed by atoms with Crippen LogP contribution in [0, 0.1) is 5.92 Å². The summed E-state index contributed by atoms with van der Waals surface area (Å²) in [6.45, 7) is 0.939. The largest absolute Gasteiger partial charge is 0.451 e. The molecule has 32 heavy (non-hydrogen) atoms. The Hall–Kier alpha value is -3.44. The highest BCUT2D eigenvalue weighted by Crippen LogP contribution is 2.30. The third-order valence-electron chi connectivity index (χ3n) is 6.06. The highest BCUT2D eigenvalue weighted by Gasteiger charge is 2.40. The number of nitrogens with zero attached hydrogens (tertiary/aromatic N) is 6. The van der Waals surface area contributed by atoms with E-state index in [0.717, 1.165) is 15.5 Å². The number of benzene rings is 1. The second-order valence-electron chi connectivity index (χ2n) is 8.11. The Kier molecular flexibility index (Phi) is 4.86. The summed E-state index contributed by atoms with van der Waals surface area (Å²) >= 11 is 0. The zero-order valence-corrected chi connectivity index (χ0v) is 17.0. The molecular weight excluding hydrogens is 427 g/mol. The normalized spacial score (nSPS) is 19.3. The third kappa shape index (κ3) is 3.59. The maximum atomic E-state index is 13.1. The maximum Gasteiger partial charge on any atom is 0.451 e. The molecule has 2 amide bonds. The lowest BCUT2D eigenvalue weighted by Gasteiger charge is -2.36. The van der Waals surface area contributed by atoms with E-state index in [1.807, 2.05) is 0 Å². The van der Waals surface area contributed by atoms with Gasteiger partial charge in [-0.1, -0.05) is 0 Å². The number of carbonyl (C=O) groups is 2. The number of aromatic amines is 1. The number of piperidine rings is 1. The first-order valence-electron chi connectivity index (χ1n) is 10.3. The van der Waals surface area contributed by atoms with Crippen LogP contribution in [0.5, 0.6) is 0 Å². The molecule has 0 saturated carbocycles. The molecule has 12 heteroatoms. The van der Waals surface area contributed by atoms with E-state index in [9.17, 15) is 22.8 Å². The van der Waals surface area contributed by atoms with Gasteiger partial charge in [0.1, 0.15) is 0 Å². The number of hydrogen-bond acceptors (Lipinski definition) is 5. The molecule has 5 rings (SSSR count). The van der Waals surface area contributed by atoms with Gasteiger partial charge < -0.3 is 14.4 Å². The Morgan fingerprint density at radius 3 is 2.75 bits per heavy atom. The molecule has 1 fully saturated rings. The van der Waals surface area contributed by atoms with E-state index < -0.39 is 17.9 Å². The van der Waals surface area contributed by atoms with Crippen LogP contribution in [0.15, 0.2) is 24.4 Å². The van der Waals surface area contributed by atoms with Gasteiger partial charge in [0, 0.05) is 37.1 Å². The van der Waals surface area contributed by atoms with E-state index in [-0.39, 0.29) is 43.8 Å². The summed E-state index contributed by atoms with van der Waals surface area (Å²) in [6.07, 6.45) is -1.63. The second kappa shape index (κ2) is 7.61. The van der Waals surface area contributed by atoms with Crippen molar-refractivity contribution in [2.45, 2.75) is 32.1 Å². The summed E-state index contributed by atoms with van der Waals surface area (Å²) in [5.74, 6) is -1.64. The van der Waals surface area contributed by atoms with Crippen molar-refractivity contribution >= 4 is 22.7 Å². The molecule has 9 nitrogen and oxygen atoms in total. The highest BCUT2D eigenvalue weighted by molar-refractivity contribution is 5.98. The van der Waals surface area contributed by atoms with Crippen molar-refractivity contribution in [3.63, 3.8) is 0 Å². The van der Waals surface area contributed by atoms with E-state index in [0.29, 0.717) is 24.9 Å². The van der Waals surface area contributed by atoms with Crippen molar-refractivity contribution in [1.82, 2.24) is 34.8 Å². The first kappa shape index (κ1) is 20.5. The van der Waals surface area contributed by atoms with Crippen LogP contribution in [0.2, 0.25) is 0 Å². The van der Waals surface area contributed by atoms with Gasteiger partial charge in [-0.05, 0) is 31.0 Å². The van der Waals surface area contributed by atoms with E-state index in [4.69, 9.17) is 0 Å². The summed E-state index contributed by atoms with van der Waals surface area (Å²) in [5.41, 5.74) is 1.36. The Labute approximate surface area is 180 Å². The molecule has 3 aromatic rings. The van der Waals surface area contributed by atoms with Crippen molar-refractivity contribution in [3.05, 3.63) is 41.6 Å². The number of nitrogens with one attached hydrogen (secondary N) is 1. The number of likely N-dealkylation sites (tertiary alicyclic amines) is 1. The molecule has 0 aliphatic carbocycles. The topological polar surface area (TPSA) is 100 Å². The smallest absolute Gasteiger partial charge is 0.338 e. The Balaban J connectivity index is 1.27. The van der Waals surface area contributed by atoms with Crippen molar-refractivity contribution in [1.29, 1.82) is 0 Å². The van der Waals surface area contributed by atoms with Gasteiger partial charge in [-0.25, -0.2) is 0 Å². The molecule has 1 saturated heterocycles. The molecule has 1 aromatic carbocycles. The predicted octanol–water partition coefficient (Wildman–Crippen LogP) is 2.07. The summed E-state index contributed by atoms with van der Waals surface area (Å²) < 4.78 is 40.1. The van der Waals surface area contributed by atoms with Gasteiger partial charge in [-0.15, -0.1) is 10.2 Å². The quantitative estimate of drug-likeness (QED) is 0.648. The average molecular weight is 447 g/mol. The number of aromatic nitrogens is 5. The number of rotatable bonds is 2. The van der Waals surface area contributed by atoms with Gasteiger partial charge in [0.15, 0.2) is 5.82 Å². The molecule has 1 atom stereocenters. The van der Waals surface area contributed by atoms with Gasteiger partial charge in [-0.3, -0.25) is 14.7 Å². The molecule has 1 N–H and O–H groups in total. The van der Waals surface area contributed by atoms with Crippen LogP contribution in [0.1, 0.15) is 34.8 Å². The van der Waals surface area contributed by atoms with Crippen molar-refractivity contribution in [2.75, 3.05) is 19.6 Å². The molecular formula is C20H20F3N7O2. The molecule has 0 spiro atoms. The van der Waals surface area contributed by atoms with Crippen LogP contribution >= 0.6 is 0 Å². The molecule has 2 aliphatic rings. The lowest BCUT2D eigenvalue weighted by atomic mass is 9.95. The van der Waals surface area contributed by atoms with E-state index >= 15 is 0 Å². The van der Waals surface area contributed by atoms with Crippen LogP contribution in [0.3, 0.4) is 0 Å². The van der Waals surface area contributed by atoms with Gasteiger partial charge in [0.2, 0.25) is 11.7 Å². The monoisotopic (exact) mass is 447 g/mol. The summed E-state index contributed by atoms with van der Waals surface area (Å²) in [6, 6.07) is 5.29. The molecule has 2 aromatic heterocycles. The first-order valence-corrected chi connectivity index (χ1v) is 10.3. The summed E-state index contributed by atoms with van der Waals surface area (Å²) in [5, 5.41) is 14.5. The summed E-state index contributed by atoms with van der Waals surface area (Å²) in [7, 11) is 0. The van der Waals surface area contributed by atoms with Crippen LogP contribution < -0.4 is 0 Å². The molecule has 0 radical (unpaired) electrons. The number of H-pyrrole nitrogens is 1. The number of amides is 2. The lowest BCUT2D eigenvalue weighted by molar-refractivity contribution is -0.148. The third-order valence-corrected chi connectivity index (χ3v) is 6.06. The zero-order valence-electron chi connectivity index (χ0n) is 17.0. The number of carbonyl (C=O) groups excluding carboxylic acids is 2. The van der Waals surface area contributed by atoms with Crippen molar-refractivity contribution in [2.24, 2.45) is 5.92 Å². The lowest BCUT2D eigenvalue weighted by Crippen LogP contribution is -2.48.